The van der Waals surface area contributed by atoms with Crippen molar-refractivity contribution >= 4 is 33.5 Å². The lowest BCUT2D eigenvalue weighted by Gasteiger charge is -2.28. The number of hydrogen-bond donors (Lipinski definition) is 0. The van der Waals surface area contributed by atoms with Crippen molar-refractivity contribution in [3.05, 3.63) is 30.1 Å². The first-order chi connectivity index (χ1) is 12.8. The molecular weight excluding hydrogens is 393 g/mol. The minimum Gasteiger partial charge on any atom is -0.455 e. The van der Waals surface area contributed by atoms with Crippen molar-refractivity contribution in [3.8, 4) is 0 Å². The van der Waals surface area contributed by atoms with Gasteiger partial charge in [-0.15, -0.1) is 11.8 Å². The number of amides is 1. The molecule has 6 nitrogen and oxygen atoms in total. The van der Waals surface area contributed by atoms with Crippen molar-refractivity contribution in [2.75, 3.05) is 30.4 Å². The molecule has 1 atom stereocenters. The van der Waals surface area contributed by atoms with Gasteiger partial charge in [0.1, 0.15) is 5.82 Å². The summed E-state index contributed by atoms with van der Waals surface area (Å²) in [6.07, 6.45) is 2.02. The zero-order valence-corrected chi connectivity index (χ0v) is 16.9. The third kappa shape index (κ3) is 6.80. The smallest absolute Gasteiger partial charge is 0.316 e. The SMILES string of the molecule is CCCCN(C(=O)COC(=O)CSc1ccccc1F)C1CCS(=O)(=O)C1. The van der Waals surface area contributed by atoms with Gasteiger partial charge in [0.25, 0.3) is 5.91 Å². The summed E-state index contributed by atoms with van der Waals surface area (Å²) >= 11 is 1.00. The molecule has 1 aromatic carbocycles. The van der Waals surface area contributed by atoms with Gasteiger partial charge < -0.3 is 9.64 Å². The second kappa shape index (κ2) is 10.1. The summed E-state index contributed by atoms with van der Waals surface area (Å²) in [6, 6.07) is 5.73. The molecular formula is C18H24FNO5S2. The van der Waals surface area contributed by atoms with Gasteiger partial charge in [0.2, 0.25) is 0 Å². The zero-order valence-electron chi connectivity index (χ0n) is 15.2. The highest BCUT2D eigenvalue weighted by molar-refractivity contribution is 8.00. The van der Waals surface area contributed by atoms with E-state index in [9.17, 15) is 22.4 Å². The van der Waals surface area contributed by atoms with Crippen molar-refractivity contribution in [2.24, 2.45) is 0 Å². The van der Waals surface area contributed by atoms with E-state index in [0.29, 0.717) is 17.9 Å². The average molecular weight is 418 g/mol. The fourth-order valence-corrected chi connectivity index (χ4v) is 5.29. The topological polar surface area (TPSA) is 80.8 Å². The summed E-state index contributed by atoms with van der Waals surface area (Å²) in [4.78, 5) is 26.2. The van der Waals surface area contributed by atoms with Crippen LogP contribution in [0.2, 0.25) is 0 Å². The van der Waals surface area contributed by atoms with Crippen molar-refractivity contribution in [2.45, 2.75) is 37.1 Å². The van der Waals surface area contributed by atoms with Crippen LogP contribution in [0.4, 0.5) is 4.39 Å². The number of esters is 1. The molecule has 0 bridgehead atoms. The number of benzene rings is 1. The molecule has 1 aromatic rings. The molecule has 9 heteroatoms. The minimum absolute atomic E-state index is 0.0421. The Balaban J connectivity index is 1.85. The van der Waals surface area contributed by atoms with Crippen LogP contribution in [-0.4, -0.2) is 61.6 Å². The highest BCUT2D eigenvalue weighted by Crippen LogP contribution is 2.21. The van der Waals surface area contributed by atoms with Gasteiger partial charge >= 0.3 is 5.97 Å². The number of thioether (sulfide) groups is 1. The number of hydrogen-bond acceptors (Lipinski definition) is 6. The van der Waals surface area contributed by atoms with Crippen LogP contribution in [0, 0.1) is 5.82 Å². The lowest BCUT2D eigenvalue weighted by atomic mass is 10.2. The van der Waals surface area contributed by atoms with E-state index in [0.717, 1.165) is 24.6 Å². The van der Waals surface area contributed by atoms with Gasteiger partial charge in [-0.05, 0) is 25.0 Å². The normalized spacial score (nSPS) is 18.2. The molecule has 1 aliphatic rings. The van der Waals surface area contributed by atoms with Crippen LogP contribution < -0.4 is 0 Å². The van der Waals surface area contributed by atoms with Crippen molar-refractivity contribution in [1.29, 1.82) is 0 Å². The highest BCUT2D eigenvalue weighted by atomic mass is 32.2. The number of sulfone groups is 1. The molecule has 0 saturated carbocycles. The van der Waals surface area contributed by atoms with Gasteiger partial charge in [0, 0.05) is 17.5 Å². The fraction of sp³-hybridized carbons (Fsp3) is 0.556. The van der Waals surface area contributed by atoms with Crippen LogP contribution in [0.5, 0.6) is 0 Å². The molecule has 0 aliphatic carbocycles. The van der Waals surface area contributed by atoms with E-state index in [1.54, 1.807) is 18.2 Å². The Morgan fingerprint density at radius 2 is 2.07 bits per heavy atom. The molecule has 1 heterocycles. The predicted molar refractivity (Wildman–Crippen MR) is 102 cm³/mol. The van der Waals surface area contributed by atoms with E-state index in [-0.39, 0.29) is 23.3 Å². The molecule has 150 valence electrons. The summed E-state index contributed by atoms with van der Waals surface area (Å²) in [6.45, 7) is 1.99. The van der Waals surface area contributed by atoms with E-state index in [2.05, 4.69) is 0 Å². The number of nitrogens with zero attached hydrogens (tertiary/aromatic N) is 1. The van der Waals surface area contributed by atoms with Crippen molar-refractivity contribution < 1.29 is 27.1 Å². The Labute approximate surface area is 163 Å². The van der Waals surface area contributed by atoms with E-state index in [1.807, 2.05) is 6.92 Å². The van der Waals surface area contributed by atoms with Gasteiger partial charge in [-0.2, -0.15) is 0 Å². The molecule has 0 radical (unpaired) electrons. The Morgan fingerprint density at radius 3 is 2.70 bits per heavy atom. The average Bonchev–Trinajstić information content (AvgIpc) is 2.99. The number of carbonyl (C=O) groups is 2. The third-order valence-electron chi connectivity index (χ3n) is 4.26. The maximum absolute atomic E-state index is 13.5. The fourth-order valence-electron chi connectivity index (χ4n) is 2.83. The Bertz CT molecular complexity index is 769. The van der Waals surface area contributed by atoms with Gasteiger partial charge in [-0.3, -0.25) is 9.59 Å². The molecule has 1 unspecified atom stereocenters. The molecule has 1 fully saturated rings. The number of halogens is 1. The van der Waals surface area contributed by atoms with Crippen molar-refractivity contribution in [3.63, 3.8) is 0 Å². The molecule has 2 rings (SSSR count). The van der Waals surface area contributed by atoms with Gasteiger partial charge in [-0.1, -0.05) is 25.5 Å². The lowest BCUT2D eigenvalue weighted by molar-refractivity contribution is -0.150. The molecule has 1 amide bonds. The van der Waals surface area contributed by atoms with E-state index in [1.165, 1.54) is 11.0 Å². The maximum Gasteiger partial charge on any atom is 0.316 e. The molecule has 27 heavy (non-hydrogen) atoms. The first-order valence-corrected chi connectivity index (χ1v) is 11.7. The van der Waals surface area contributed by atoms with Gasteiger partial charge in [-0.25, -0.2) is 12.8 Å². The largest absolute Gasteiger partial charge is 0.455 e. The predicted octanol–water partition coefficient (Wildman–Crippen LogP) is 2.28. The third-order valence-corrected chi connectivity index (χ3v) is 7.03. The number of carbonyl (C=O) groups excluding carboxylic acids is 2. The van der Waals surface area contributed by atoms with Crippen LogP contribution >= 0.6 is 11.8 Å². The second-order valence-electron chi connectivity index (χ2n) is 6.38. The molecule has 0 spiro atoms. The monoisotopic (exact) mass is 417 g/mol. The zero-order chi connectivity index (χ0) is 19.9. The van der Waals surface area contributed by atoms with E-state index < -0.39 is 34.1 Å². The number of ether oxygens (including phenoxy) is 1. The van der Waals surface area contributed by atoms with Crippen molar-refractivity contribution in [1.82, 2.24) is 4.90 Å². The van der Waals surface area contributed by atoms with Crippen LogP contribution in [0.1, 0.15) is 26.2 Å². The second-order valence-corrected chi connectivity index (χ2v) is 9.62. The summed E-state index contributed by atoms with van der Waals surface area (Å²) in [5.41, 5.74) is 0. The molecule has 0 N–H and O–H groups in total. The Hall–Kier alpha value is -1.61. The quantitative estimate of drug-likeness (QED) is 0.453. The summed E-state index contributed by atoms with van der Waals surface area (Å²) in [5, 5.41) is 0. The summed E-state index contributed by atoms with van der Waals surface area (Å²) in [5.74, 6) is -1.51. The highest BCUT2D eigenvalue weighted by Gasteiger charge is 2.34. The lowest BCUT2D eigenvalue weighted by Crippen LogP contribution is -2.44. The Morgan fingerprint density at radius 1 is 1.33 bits per heavy atom. The maximum atomic E-state index is 13.5. The standard InChI is InChI=1S/C18H24FNO5S2/c1-2-3-9-20(14-8-10-27(23,24)13-14)17(21)11-25-18(22)12-26-16-7-5-4-6-15(16)19/h4-7,14H,2-3,8-13H2,1H3. The van der Waals surface area contributed by atoms with Crippen LogP contribution in [0.15, 0.2) is 29.2 Å². The number of unbranched alkanes of at least 4 members (excludes halogenated alkanes) is 1. The van der Waals surface area contributed by atoms with Crippen LogP contribution in [-0.2, 0) is 24.2 Å². The minimum atomic E-state index is -3.11. The van der Waals surface area contributed by atoms with Gasteiger partial charge in [0.05, 0.1) is 17.3 Å². The summed E-state index contributed by atoms with van der Waals surface area (Å²) < 4.78 is 41.9. The summed E-state index contributed by atoms with van der Waals surface area (Å²) in [7, 11) is -3.11. The van der Waals surface area contributed by atoms with Crippen LogP contribution in [0.3, 0.4) is 0 Å². The molecule has 0 aromatic heterocycles. The van der Waals surface area contributed by atoms with Gasteiger partial charge in [0.15, 0.2) is 16.4 Å². The first-order valence-electron chi connectivity index (χ1n) is 8.85. The van der Waals surface area contributed by atoms with E-state index in [4.69, 9.17) is 4.74 Å². The van der Waals surface area contributed by atoms with Crippen LogP contribution in [0.25, 0.3) is 0 Å². The molecule has 1 saturated heterocycles. The Kier molecular flexibility index (Phi) is 8.09. The molecule has 1 aliphatic heterocycles. The first kappa shape index (κ1) is 21.7. The van der Waals surface area contributed by atoms with E-state index >= 15 is 0 Å². The number of rotatable bonds is 9.